The molecule has 19 heavy (non-hydrogen) atoms. The summed E-state index contributed by atoms with van der Waals surface area (Å²) >= 11 is 1.94. The highest BCUT2D eigenvalue weighted by Gasteiger charge is 2.47. The molecule has 1 atom stereocenters. The first-order valence-corrected chi connectivity index (χ1v) is 8.57. The largest absolute Gasteiger partial charge is 0.342 e. The number of hydrogen-bond donors (Lipinski definition) is 1. The molecule has 0 bridgehead atoms. The van der Waals surface area contributed by atoms with Crippen molar-refractivity contribution in [2.45, 2.75) is 56.5 Å². The summed E-state index contributed by atoms with van der Waals surface area (Å²) in [5.74, 6) is 2.50. The number of nitrogens with zero attached hydrogens (tertiary/aromatic N) is 1. The van der Waals surface area contributed by atoms with Gasteiger partial charge in [0.2, 0.25) is 11.8 Å². The van der Waals surface area contributed by atoms with E-state index in [4.69, 9.17) is 0 Å². The molecule has 1 N–H and O–H groups in total. The Morgan fingerprint density at radius 1 is 1.21 bits per heavy atom. The summed E-state index contributed by atoms with van der Waals surface area (Å²) in [5.41, 5.74) is -0.560. The van der Waals surface area contributed by atoms with Crippen LogP contribution in [0, 0.1) is 0 Å². The second-order valence-electron chi connectivity index (χ2n) is 5.96. The van der Waals surface area contributed by atoms with Gasteiger partial charge in [0.1, 0.15) is 5.54 Å². The lowest BCUT2D eigenvalue weighted by atomic mass is 9.95. The Morgan fingerprint density at radius 3 is 2.68 bits per heavy atom. The first-order valence-electron chi connectivity index (χ1n) is 7.41. The SMILES string of the molecule is O=C1CCN(C2CCCSC2)C(=O)C2(CCCC2)N1. The molecule has 4 nitrogen and oxygen atoms in total. The Balaban J connectivity index is 1.82. The fourth-order valence-electron chi connectivity index (χ4n) is 3.62. The predicted molar refractivity (Wildman–Crippen MR) is 76.0 cm³/mol. The van der Waals surface area contributed by atoms with Crippen LogP contribution in [0.1, 0.15) is 44.9 Å². The lowest BCUT2D eigenvalue weighted by molar-refractivity contribution is -0.140. The van der Waals surface area contributed by atoms with E-state index in [9.17, 15) is 9.59 Å². The number of rotatable bonds is 1. The van der Waals surface area contributed by atoms with Crippen molar-refractivity contribution in [2.75, 3.05) is 18.1 Å². The van der Waals surface area contributed by atoms with Crippen molar-refractivity contribution >= 4 is 23.6 Å². The lowest BCUT2D eigenvalue weighted by Gasteiger charge is -2.38. The highest BCUT2D eigenvalue weighted by molar-refractivity contribution is 7.99. The molecular weight excluding hydrogens is 260 g/mol. The van der Waals surface area contributed by atoms with Gasteiger partial charge in [-0.3, -0.25) is 9.59 Å². The summed E-state index contributed by atoms with van der Waals surface area (Å²) < 4.78 is 0. The summed E-state index contributed by atoms with van der Waals surface area (Å²) in [6.45, 7) is 0.609. The lowest BCUT2D eigenvalue weighted by Crippen LogP contribution is -2.57. The molecule has 1 unspecified atom stereocenters. The fraction of sp³-hybridized carbons (Fsp3) is 0.857. The molecule has 2 amide bonds. The van der Waals surface area contributed by atoms with Crippen LogP contribution in [-0.2, 0) is 9.59 Å². The van der Waals surface area contributed by atoms with Crippen LogP contribution in [0.25, 0.3) is 0 Å². The topological polar surface area (TPSA) is 49.4 Å². The summed E-state index contributed by atoms with van der Waals surface area (Å²) in [5, 5.41) is 3.04. The standard InChI is InChI=1S/C14H22N2O2S/c17-12-5-8-16(11-4-3-9-19-10-11)13(18)14(15-12)6-1-2-7-14/h11H,1-10H2,(H,15,17). The molecule has 0 aromatic heterocycles. The Hall–Kier alpha value is -0.710. The molecule has 1 saturated carbocycles. The Bertz CT molecular complexity index is 374. The van der Waals surface area contributed by atoms with Gasteiger partial charge in [0.05, 0.1) is 0 Å². The van der Waals surface area contributed by atoms with Gasteiger partial charge in [0.25, 0.3) is 0 Å². The van der Waals surface area contributed by atoms with E-state index in [1.54, 1.807) is 0 Å². The first-order chi connectivity index (χ1) is 9.21. The third-order valence-electron chi connectivity index (χ3n) is 4.66. The molecule has 106 valence electrons. The second-order valence-corrected chi connectivity index (χ2v) is 7.11. The van der Waals surface area contributed by atoms with Crippen LogP contribution >= 0.6 is 11.8 Å². The van der Waals surface area contributed by atoms with Gasteiger partial charge in [0, 0.05) is 24.8 Å². The van der Waals surface area contributed by atoms with Crippen LogP contribution in [0.3, 0.4) is 0 Å². The number of carbonyl (C=O) groups excluding carboxylic acids is 2. The van der Waals surface area contributed by atoms with Crippen molar-refractivity contribution in [1.29, 1.82) is 0 Å². The van der Waals surface area contributed by atoms with E-state index in [-0.39, 0.29) is 11.8 Å². The molecule has 3 aliphatic rings. The van der Waals surface area contributed by atoms with E-state index in [2.05, 4.69) is 5.32 Å². The van der Waals surface area contributed by atoms with E-state index in [0.29, 0.717) is 19.0 Å². The van der Waals surface area contributed by atoms with Gasteiger partial charge in [-0.2, -0.15) is 11.8 Å². The van der Waals surface area contributed by atoms with E-state index in [0.717, 1.165) is 37.9 Å². The van der Waals surface area contributed by atoms with Gasteiger partial charge in [-0.05, 0) is 31.4 Å². The highest BCUT2D eigenvalue weighted by Crippen LogP contribution is 2.35. The molecule has 3 fully saturated rings. The van der Waals surface area contributed by atoms with Gasteiger partial charge >= 0.3 is 0 Å². The summed E-state index contributed by atoms with van der Waals surface area (Å²) in [4.78, 5) is 26.9. The van der Waals surface area contributed by atoms with Crippen molar-refractivity contribution in [3.63, 3.8) is 0 Å². The number of carbonyl (C=O) groups is 2. The molecule has 0 radical (unpaired) electrons. The monoisotopic (exact) mass is 282 g/mol. The molecule has 5 heteroatoms. The predicted octanol–water partition coefficient (Wildman–Crippen LogP) is 1.54. The number of thioether (sulfide) groups is 1. The van der Waals surface area contributed by atoms with Crippen LogP contribution in [-0.4, -0.2) is 46.3 Å². The van der Waals surface area contributed by atoms with Crippen LogP contribution < -0.4 is 5.32 Å². The Kier molecular flexibility index (Phi) is 3.74. The van der Waals surface area contributed by atoms with Gasteiger partial charge in [-0.25, -0.2) is 0 Å². The Labute approximate surface area is 118 Å². The van der Waals surface area contributed by atoms with Gasteiger partial charge in [0.15, 0.2) is 0 Å². The van der Waals surface area contributed by atoms with Gasteiger partial charge in [-0.15, -0.1) is 0 Å². The van der Waals surface area contributed by atoms with Crippen LogP contribution in [0.2, 0.25) is 0 Å². The van der Waals surface area contributed by atoms with Gasteiger partial charge in [-0.1, -0.05) is 12.8 Å². The molecule has 0 aromatic carbocycles. The maximum absolute atomic E-state index is 12.9. The van der Waals surface area contributed by atoms with Crippen LogP contribution in [0.5, 0.6) is 0 Å². The highest BCUT2D eigenvalue weighted by atomic mass is 32.2. The zero-order chi connectivity index (χ0) is 13.3. The zero-order valence-corrected chi connectivity index (χ0v) is 12.1. The zero-order valence-electron chi connectivity index (χ0n) is 11.3. The van der Waals surface area contributed by atoms with E-state index in [1.807, 2.05) is 16.7 Å². The maximum Gasteiger partial charge on any atom is 0.248 e. The molecule has 0 aromatic rings. The maximum atomic E-state index is 12.9. The van der Waals surface area contributed by atoms with Gasteiger partial charge < -0.3 is 10.2 Å². The summed E-state index contributed by atoms with van der Waals surface area (Å²) in [6, 6.07) is 0.344. The number of nitrogens with one attached hydrogen (secondary N) is 1. The normalized spacial score (nSPS) is 31.4. The Morgan fingerprint density at radius 2 is 2.00 bits per heavy atom. The second kappa shape index (κ2) is 5.35. The van der Waals surface area contributed by atoms with Crippen LogP contribution in [0.15, 0.2) is 0 Å². The van der Waals surface area contributed by atoms with E-state index < -0.39 is 5.54 Å². The fourth-order valence-corrected chi connectivity index (χ4v) is 4.77. The third kappa shape index (κ3) is 2.49. The molecule has 1 aliphatic carbocycles. The van der Waals surface area contributed by atoms with E-state index >= 15 is 0 Å². The summed E-state index contributed by atoms with van der Waals surface area (Å²) in [7, 11) is 0. The molecule has 2 saturated heterocycles. The van der Waals surface area contributed by atoms with E-state index in [1.165, 1.54) is 12.2 Å². The molecule has 2 aliphatic heterocycles. The molecule has 3 rings (SSSR count). The average molecular weight is 282 g/mol. The first kappa shape index (κ1) is 13.3. The minimum Gasteiger partial charge on any atom is -0.342 e. The van der Waals surface area contributed by atoms with Crippen molar-refractivity contribution < 1.29 is 9.59 Å². The number of hydrogen-bond acceptors (Lipinski definition) is 3. The van der Waals surface area contributed by atoms with Crippen molar-refractivity contribution in [1.82, 2.24) is 10.2 Å². The minimum absolute atomic E-state index is 0.0567. The van der Waals surface area contributed by atoms with Crippen LogP contribution in [0.4, 0.5) is 0 Å². The quantitative estimate of drug-likeness (QED) is 0.794. The molecule has 2 heterocycles. The smallest absolute Gasteiger partial charge is 0.248 e. The minimum atomic E-state index is -0.560. The molecular formula is C14H22N2O2S. The van der Waals surface area contributed by atoms with Crippen molar-refractivity contribution in [3.05, 3.63) is 0 Å². The third-order valence-corrected chi connectivity index (χ3v) is 5.86. The number of amides is 2. The van der Waals surface area contributed by atoms with Crippen molar-refractivity contribution in [3.8, 4) is 0 Å². The summed E-state index contributed by atoms with van der Waals surface area (Å²) in [6.07, 6.45) is 6.52. The molecule has 1 spiro atoms. The average Bonchev–Trinajstić information content (AvgIpc) is 2.85. The van der Waals surface area contributed by atoms with Crippen molar-refractivity contribution in [2.24, 2.45) is 0 Å².